The second-order valence-corrected chi connectivity index (χ2v) is 2.98. The summed E-state index contributed by atoms with van der Waals surface area (Å²) in [4.78, 5) is 0. The number of rotatable bonds is 3. The maximum atomic E-state index is 9.31. The van der Waals surface area contributed by atoms with Crippen molar-refractivity contribution < 1.29 is 20.2 Å². The quantitative estimate of drug-likeness (QED) is 0.499. The summed E-state index contributed by atoms with van der Waals surface area (Å²) in [6, 6.07) is 2.91. The molecule has 0 unspecified atom stereocenters. The monoisotopic (exact) mass is 199 g/mol. The number of nitrogens with zero attached hydrogens (tertiary/aromatic N) is 1. The number of benzene rings is 1. The van der Waals surface area contributed by atoms with Crippen molar-refractivity contribution >= 4 is 0 Å². The molecule has 14 heavy (non-hydrogen) atoms. The van der Waals surface area contributed by atoms with Crippen LogP contribution in [-0.4, -0.2) is 34.6 Å². The van der Waals surface area contributed by atoms with Crippen LogP contribution in [0.2, 0.25) is 0 Å². The zero-order chi connectivity index (χ0) is 10.7. The van der Waals surface area contributed by atoms with Crippen LogP contribution in [-0.2, 0) is 6.54 Å². The lowest BCUT2D eigenvalue weighted by Gasteiger charge is -2.11. The zero-order valence-corrected chi connectivity index (χ0v) is 8.06. The predicted molar refractivity (Wildman–Crippen MR) is 49.6 cm³/mol. The maximum Gasteiger partial charge on any atom is 0.200 e. The highest BCUT2D eigenvalue weighted by atomic mass is 16.5. The standard InChI is InChI=1S/C9H13NO4/c1-10(13)5-6-3-7(11)9(12)8(4-6)14-2/h3-4,11-13H,5H2,1-2H3. The molecule has 0 aliphatic heterocycles. The van der Waals surface area contributed by atoms with E-state index in [-0.39, 0.29) is 23.8 Å². The molecule has 3 N–H and O–H groups in total. The molecule has 0 saturated heterocycles. The number of aromatic hydroxyl groups is 2. The van der Waals surface area contributed by atoms with Crippen LogP contribution in [0.5, 0.6) is 17.2 Å². The first kappa shape index (κ1) is 10.6. The van der Waals surface area contributed by atoms with Gasteiger partial charge in [-0.25, -0.2) is 0 Å². The van der Waals surface area contributed by atoms with Crippen LogP contribution >= 0.6 is 0 Å². The van der Waals surface area contributed by atoms with Crippen LogP contribution in [0.1, 0.15) is 5.56 Å². The molecule has 78 valence electrons. The van der Waals surface area contributed by atoms with Crippen molar-refractivity contribution in [2.75, 3.05) is 14.2 Å². The smallest absolute Gasteiger partial charge is 0.200 e. The lowest BCUT2D eigenvalue weighted by molar-refractivity contribution is -0.0732. The van der Waals surface area contributed by atoms with Crippen molar-refractivity contribution in [3.8, 4) is 17.2 Å². The van der Waals surface area contributed by atoms with Gasteiger partial charge in [0.2, 0.25) is 5.75 Å². The van der Waals surface area contributed by atoms with Crippen LogP contribution in [0.25, 0.3) is 0 Å². The number of hydrogen-bond acceptors (Lipinski definition) is 5. The molecule has 0 aliphatic rings. The van der Waals surface area contributed by atoms with E-state index >= 15 is 0 Å². The third kappa shape index (κ3) is 2.27. The highest BCUT2D eigenvalue weighted by Gasteiger charge is 2.10. The van der Waals surface area contributed by atoms with Gasteiger partial charge in [-0.2, -0.15) is 5.06 Å². The van der Waals surface area contributed by atoms with E-state index < -0.39 is 0 Å². The predicted octanol–water partition coefficient (Wildman–Crippen LogP) is 0.927. The minimum absolute atomic E-state index is 0.182. The van der Waals surface area contributed by atoms with Crippen LogP contribution in [0.3, 0.4) is 0 Å². The van der Waals surface area contributed by atoms with Crippen LogP contribution in [0.15, 0.2) is 12.1 Å². The summed E-state index contributed by atoms with van der Waals surface area (Å²) in [7, 11) is 2.87. The first-order valence-corrected chi connectivity index (χ1v) is 4.03. The van der Waals surface area contributed by atoms with E-state index in [0.717, 1.165) is 5.06 Å². The van der Waals surface area contributed by atoms with E-state index in [1.807, 2.05) is 0 Å². The molecule has 5 heteroatoms. The molecule has 0 aromatic heterocycles. The average Bonchev–Trinajstić information content (AvgIpc) is 2.10. The molecular weight excluding hydrogens is 186 g/mol. The first-order chi connectivity index (χ1) is 6.54. The highest BCUT2D eigenvalue weighted by Crippen LogP contribution is 2.36. The van der Waals surface area contributed by atoms with Crippen molar-refractivity contribution in [3.05, 3.63) is 17.7 Å². The van der Waals surface area contributed by atoms with E-state index in [1.54, 1.807) is 6.07 Å². The maximum absolute atomic E-state index is 9.31. The average molecular weight is 199 g/mol. The normalized spacial score (nSPS) is 10.6. The molecule has 0 atom stereocenters. The van der Waals surface area contributed by atoms with Crippen LogP contribution in [0.4, 0.5) is 0 Å². The molecule has 0 radical (unpaired) electrons. The summed E-state index contributed by atoms with van der Waals surface area (Å²) >= 11 is 0. The number of hydroxylamine groups is 2. The molecule has 1 rings (SSSR count). The van der Waals surface area contributed by atoms with Gasteiger partial charge in [-0.15, -0.1) is 0 Å². The SMILES string of the molecule is COc1cc(CN(C)O)cc(O)c1O. The minimum atomic E-state index is -0.295. The van der Waals surface area contributed by atoms with Crippen molar-refractivity contribution in [1.29, 1.82) is 0 Å². The Labute approximate surface area is 81.7 Å². The fourth-order valence-corrected chi connectivity index (χ4v) is 1.16. The van der Waals surface area contributed by atoms with Gasteiger partial charge in [0.15, 0.2) is 11.5 Å². The molecule has 1 aromatic rings. The summed E-state index contributed by atoms with van der Waals surface area (Å²) in [5.74, 6) is -0.375. The number of phenols is 2. The molecule has 0 aliphatic carbocycles. The second kappa shape index (κ2) is 4.17. The molecule has 0 bridgehead atoms. The largest absolute Gasteiger partial charge is 0.504 e. The number of phenolic OH excluding ortho intramolecular Hbond substituents is 2. The van der Waals surface area contributed by atoms with Gasteiger partial charge in [0.25, 0.3) is 0 Å². The van der Waals surface area contributed by atoms with Gasteiger partial charge in [-0.05, 0) is 17.7 Å². The third-order valence-electron chi connectivity index (χ3n) is 1.75. The van der Waals surface area contributed by atoms with Gasteiger partial charge in [-0.1, -0.05) is 0 Å². The Morgan fingerprint density at radius 3 is 2.50 bits per heavy atom. The van der Waals surface area contributed by atoms with E-state index in [4.69, 9.17) is 9.94 Å². The Balaban J connectivity index is 3.03. The molecule has 0 spiro atoms. The van der Waals surface area contributed by atoms with Crippen LogP contribution in [0, 0.1) is 0 Å². The van der Waals surface area contributed by atoms with Crippen LogP contribution < -0.4 is 4.74 Å². The highest BCUT2D eigenvalue weighted by molar-refractivity contribution is 5.51. The summed E-state index contributed by atoms with van der Waals surface area (Å²) in [5, 5.41) is 28.5. The zero-order valence-electron chi connectivity index (χ0n) is 8.06. The molecule has 0 saturated carbocycles. The van der Waals surface area contributed by atoms with Gasteiger partial charge in [0, 0.05) is 13.6 Å². The molecule has 5 nitrogen and oxygen atoms in total. The minimum Gasteiger partial charge on any atom is -0.504 e. The van der Waals surface area contributed by atoms with E-state index in [9.17, 15) is 10.2 Å². The fraction of sp³-hybridized carbons (Fsp3) is 0.333. The number of hydrogen-bond donors (Lipinski definition) is 3. The van der Waals surface area contributed by atoms with Gasteiger partial charge in [-0.3, -0.25) is 0 Å². The van der Waals surface area contributed by atoms with Crippen molar-refractivity contribution in [2.24, 2.45) is 0 Å². The molecule has 0 fully saturated rings. The molecule has 1 aromatic carbocycles. The van der Waals surface area contributed by atoms with E-state index in [1.165, 1.54) is 20.2 Å². The van der Waals surface area contributed by atoms with Crippen molar-refractivity contribution in [2.45, 2.75) is 6.54 Å². The van der Waals surface area contributed by atoms with Gasteiger partial charge in [0.1, 0.15) is 0 Å². The summed E-state index contributed by atoms with van der Waals surface area (Å²) in [6.07, 6.45) is 0. The molecule has 0 amide bonds. The Bertz CT molecular complexity index is 325. The lowest BCUT2D eigenvalue weighted by Crippen LogP contribution is -2.11. The van der Waals surface area contributed by atoms with Gasteiger partial charge < -0.3 is 20.2 Å². The van der Waals surface area contributed by atoms with E-state index in [0.29, 0.717) is 5.56 Å². The van der Waals surface area contributed by atoms with Crippen molar-refractivity contribution in [1.82, 2.24) is 5.06 Å². The Kier molecular flexibility index (Phi) is 3.16. The van der Waals surface area contributed by atoms with Gasteiger partial charge >= 0.3 is 0 Å². The summed E-state index contributed by atoms with van der Waals surface area (Å²) in [5.41, 5.74) is 0.641. The summed E-state index contributed by atoms with van der Waals surface area (Å²) in [6.45, 7) is 0.240. The topological polar surface area (TPSA) is 73.2 Å². The number of ether oxygens (including phenoxy) is 1. The van der Waals surface area contributed by atoms with Gasteiger partial charge in [0.05, 0.1) is 7.11 Å². The Morgan fingerprint density at radius 1 is 1.36 bits per heavy atom. The second-order valence-electron chi connectivity index (χ2n) is 2.98. The van der Waals surface area contributed by atoms with E-state index in [2.05, 4.69) is 0 Å². The molecule has 0 heterocycles. The van der Waals surface area contributed by atoms with Crippen molar-refractivity contribution in [3.63, 3.8) is 0 Å². The lowest BCUT2D eigenvalue weighted by atomic mass is 10.2. The number of methoxy groups -OCH3 is 1. The Hall–Kier alpha value is -1.46. The Morgan fingerprint density at radius 2 is 2.00 bits per heavy atom. The fourth-order valence-electron chi connectivity index (χ4n) is 1.16. The third-order valence-corrected chi connectivity index (χ3v) is 1.75. The molecular formula is C9H13NO4. The first-order valence-electron chi connectivity index (χ1n) is 4.03. The summed E-state index contributed by atoms with van der Waals surface area (Å²) < 4.78 is 4.84.